The van der Waals surface area contributed by atoms with Crippen LogP contribution in [0.15, 0.2) is 54.6 Å². The van der Waals surface area contributed by atoms with E-state index in [2.05, 4.69) is 42.2 Å². The van der Waals surface area contributed by atoms with Gasteiger partial charge in [-0.15, -0.1) is 0 Å². The van der Waals surface area contributed by atoms with Crippen LogP contribution >= 0.6 is 0 Å². The molecule has 6 unspecified atom stereocenters. The van der Waals surface area contributed by atoms with Gasteiger partial charge >= 0.3 is 18.3 Å². The molecule has 6 aliphatic heterocycles. The Balaban J connectivity index is 0.000000168. The number of halogens is 5. The molecule has 9 heterocycles. The quantitative estimate of drug-likeness (QED) is 0.0820. The van der Waals surface area contributed by atoms with Crippen molar-refractivity contribution in [2.45, 2.75) is 303 Å². The van der Waals surface area contributed by atoms with Crippen LogP contribution in [0.4, 0.5) is 36.3 Å². The second-order valence-corrected chi connectivity index (χ2v) is 41.8. The molecule has 18 rings (SSSR count). The molecule has 3 N–H and O–H groups in total. The van der Waals surface area contributed by atoms with Gasteiger partial charge in [0.05, 0.1) is 52.7 Å². The first-order valence-electron chi connectivity index (χ1n) is 47.1. The van der Waals surface area contributed by atoms with E-state index in [-0.39, 0.29) is 135 Å². The van der Waals surface area contributed by atoms with Gasteiger partial charge < -0.3 is 73.5 Å². The minimum atomic E-state index is -3.42. The number of alkyl halides is 2. The average molecular weight is 1960 g/mol. The zero-order chi connectivity index (χ0) is 92.5. The maximum absolute atomic E-state index is 16.0. The van der Waals surface area contributed by atoms with E-state index in [4.69, 9.17) is 38.4 Å². The Morgan fingerprint density at radius 3 is 1.09 bits per heavy atom. The van der Waals surface area contributed by atoms with E-state index in [0.29, 0.717) is 131 Å². The van der Waals surface area contributed by atoms with Crippen molar-refractivity contribution in [2.75, 3.05) is 19.6 Å². The standard InChI is InChI=1S/C33H40F3N4O5.C33H42FN4O5.C32H40FN4O5.3V/c1-5-19-24(16-41)40-15-26(19)44-29-27(37-22-10-9-18(34)14-23(22)38-29)33(35,36)11-7-6-8-20-21-12-17(21)13-25(20)45-31(43)39-28(30(40)42)32(2,3)4;1-5-20-26(17-39)38-16-28(20)42-30-24(35-23-12-11-19(34)15-25(23)36-30)10-8-6-7-9-21-22-13-18(22)14-27(21)43-32(41)37-29(31(38)40)33(2,3)4;1-17-25(16-38)37-15-27(17)41-29-23(34-22-11-10-19(33)14-24(22)35-29)9-7-5-6-8-20-21-12-18(21)13-26(20)42-31(40)36-28(30(37)39)32(2,3)4;;;/h9-10,14,17,19-21,24-26,28H,5-8,11-13,15H2,1-4H3,(H,39,43);11-12,15,18,20-22,26-29H,5-10,13-14,16H2,1-4H3,(H,37,41);10-11,14,17-18,20-21,25-28H,5-9,12-13,15H2,1-4H3,(H,36,40);;;/q3*-1;;;/t17?,19-,20+,21?,24+,25+,26-,28+;18?,20-,21+,22?,26+,27+,28-,29+;17-,18?,20+,21?,25+,26+,27-,28+;;;/m000.../s1. The zero-order valence-corrected chi connectivity index (χ0v) is 81.8. The average Bonchev–Trinajstić information content (AvgIpc) is 1.60. The minimum absolute atomic E-state index is 0. The van der Waals surface area contributed by atoms with Crippen LogP contribution in [-0.4, -0.2) is 192 Å². The molecule has 12 aliphatic rings. The number of amides is 6. The molecule has 6 aliphatic carbocycles. The molecule has 24 atom stereocenters. The van der Waals surface area contributed by atoms with Crippen LogP contribution in [0, 0.1) is 105 Å². The number of carbonyl (C=O) groups excluding carboxylic acids is 9. The number of rotatable bonds is 5. The number of alkyl carbamates (subject to hydrolysis) is 3. The largest absolute Gasteiger partial charge is 0.540 e. The number of aromatic nitrogens is 6. The number of nitrogens with zero attached hydrogens (tertiary/aromatic N) is 9. The fraction of sp³-hybridized carbons (Fsp3) is 0.663. The molecule has 0 spiro atoms. The Hall–Kier alpha value is -8.29. The van der Waals surface area contributed by atoms with Crippen LogP contribution in [0.5, 0.6) is 17.6 Å². The van der Waals surface area contributed by atoms with Crippen molar-refractivity contribution < 1.29 is 149 Å². The number of hydrogen-bond acceptors (Lipinski definition) is 21. The van der Waals surface area contributed by atoms with Crippen LogP contribution in [0.2, 0.25) is 0 Å². The summed E-state index contributed by atoms with van der Waals surface area (Å²) in [5, 5.41) is 8.51. The van der Waals surface area contributed by atoms with Gasteiger partial charge in [0.15, 0.2) is 5.69 Å². The summed E-state index contributed by atoms with van der Waals surface area (Å²) in [5.41, 5.74) is 0.766. The van der Waals surface area contributed by atoms with Gasteiger partial charge in [0.25, 0.3) is 5.92 Å². The summed E-state index contributed by atoms with van der Waals surface area (Å²) in [5.74, 6) is -3.33. The van der Waals surface area contributed by atoms with Gasteiger partial charge in [0.1, 0.15) is 83.6 Å². The molecule has 9 fully saturated rings. The van der Waals surface area contributed by atoms with Crippen LogP contribution in [0.1, 0.15) is 229 Å². The van der Waals surface area contributed by atoms with Crippen molar-refractivity contribution in [1.29, 1.82) is 0 Å². The predicted octanol–water partition coefficient (Wildman–Crippen LogP) is 15.6. The van der Waals surface area contributed by atoms with Gasteiger partial charge in [0.2, 0.25) is 35.4 Å². The molecular formula is C98H122F5N12O15V3-3. The topological polar surface area (TPSA) is 332 Å². The van der Waals surface area contributed by atoms with Gasteiger partial charge in [0, 0.05) is 80.3 Å². The Kier molecular flexibility index (Phi) is 31.9. The number of carbonyl (C=O) groups is 6. The Morgan fingerprint density at radius 1 is 0.398 bits per heavy atom. The van der Waals surface area contributed by atoms with Gasteiger partial charge in [-0.2, -0.15) is 8.78 Å². The van der Waals surface area contributed by atoms with E-state index >= 15 is 8.78 Å². The van der Waals surface area contributed by atoms with Crippen LogP contribution in [0.25, 0.3) is 33.1 Å². The van der Waals surface area contributed by atoms with E-state index in [9.17, 15) is 56.3 Å². The number of aryl methyl sites for hydroxylation is 2. The van der Waals surface area contributed by atoms with E-state index in [1.54, 1.807) is 39.8 Å². The monoisotopic (exact) mass is 1950 g/mol. The number of hydrogen-bond donors (Lipinski definition) is 3. The summed E-state index contributed by atoms with van der Waals surface area (Å²) in [6.45, 7) is 22.3. The fourth-order valence-electron chi connectivity index (χ4n) is 22.5. The second-order valence-electron chi connectivity index (χ2n) is 41.8. The van der Waals surface area contributed by atoms with Crippen LogP contribution in [0.3, 0.4) is 0 Å². The molecule has 6 amide bonds. The van der Waals surface area contributed by atoms with Crippen molar-refractivity contribution in [3.8, 4) is 17.6 Å². The number of fused-ring (bicyclic) bond motifs is 21. The maximum Gasteiger partial charge on any atom is 0.408 e. The molecule has 6 bridgehead atoms. The van der Waals surface area contributed by atoms with Crippen molar-refractivity contribution in [1.82, 2.24) is 60.6 Å². The molecule has 3 saturated heterocycles. The number of ether oxygens (including phenoxy) is 6. The van der Waals surface area contributed by atoms with Crippen LogP contribution < -0.4 is 30.2 Å². The minimum Gasteiger partial charge on any atom is -0.540 e. The van der Waals surface area contributed by atoms with Crippen molar-refractivity contribution >= 4 is 88.0 Å². The molecule has 133 heavy (non-hydrogen) atoms. The third-order valence-electron chi connectivity index (χ3n) is 29.9. The SMILES string of the molecule is CC[C@@H]1[C@@H]2CN(C(=O)[C@H](C(C)(C)C)NC(=O)O[C@@H]3CC4CC4[C@H]3CCCCC(F)(F)c3nc4ccc(F)cc4nc3O2)[C@@H]1[C-]=O.CC[C@@H]1[C@@H]2CN(C(=O)[C@H](C(C)(C)C)NC(=O)O[C@@H]3CC4CC4[C@H]3CCCCCc3nc4ccc(F)cc4nc3O2)[C@@H]1[C-]=O.C[C@@H]1[C@@H]2CN(C(=O)[C@H](C(C)(C)C)NC(=O)O[C@@H]3CC4CC4[C@H]3CCCCCc3nc4ccc(F)cc4nc3O2)[C@@H]1[C-]=O.[V].[V].[V]. The first-order chi connectivity index (χ1) is 61.9. The Bertz CT molecular complexity index is 5290. The van der Waals surface area contributed by atoms with Crippen molar-refractivity contribution in [3.05, 3.63) is 89.1 Å². The first-order valence-corrected chi connectivity index (χ1v) is 47.1. The predicted molar refractivity (Wildman–Crippen MR) is 468 cm³/mol. The number of nitrogens with one attached hydrogen (secondary N) is 3. The molecule has 717 valence electrons. The molecule has 6 aromatic rings. The second kappa shape index (κ2) is 41.6. The summed E-state index contributed by atoms with van der Waals surface area (Å²) >= 11 is 0. The van der Waals surface area contributed by atoms with E-state index in [1.165, 1.54) is 57.9 Å². The zero-order valence-electron chi connectivity index (χ0n) is 77.6. The fourth-order valence-corrected chi connectivity index (χ4v) is 22.5. The normalized spacial score (nSPS) is 32.8. The molecule has 3 aromatic heterocycles. The Morgan fingerprint density at radius 2 is 0.729 bits per heavy atom. The molecule has 3 radical (unpaired) electrons. The van der Waals surface area contributed by atoms with Crippen LogP contribution in [-0.2, 0) is 117 Å². The smallest absolute Gasteiger partial charge is 0.408 e. The molecule has 3 aromatic carbocycles. The number of benzene rings is 3. The maximum atomic E-state index is 16.0. The van der Waals surface area contributed by atoms with Gasteiger partial charge in [-0.05, 0) is 214 Å². The van der Waals surface area contributed by atoms with E-state index in [0.717, 1.165) is 89.2 Å². The third kappa shape index (κ3) is 22.3. The third-order valence-corrected chi connectivity index (χ3v) is 29.9. The molecule has 35 heteroatoms. The van der Waals surface area contributed by atoms with Crippen molar-refractivity contribution in [2.24, 2.45) is 87.3 Å². The first kappa shape index (κ1) is 102. The van der Waals surface area contributed by atoms with Gasteiger partial charge in [-0.3, -0.25) is 14.4 Å². The van der Waals surface area contributed by atoms with Gasteiger partial charge in [-0.25, -0.2) is 76.3 Å². The van der Waals surface area contributed by atoms with Gasteiger partial charge in [-0.1, -0.05) is 146 Å². The van der Waals surface area contributed by atoms with Crippen molar-refractivity contribution in [3.63, 3.8) is 0 Å². The molecule has 6 saturated carbocycles. The van der Waals surface area contributed by atoms with E-state index in [1.807, 2.05) is 68.0 Å². The summed E-state index contributed by atoms with van der Waals surface area (Å²) in [4.78, 5) is 150. The summed E-state index contributed by atoms with van der Waals surface area (Å²) in [7, 11) is 0. The molecule has 27 nitrogen and oxygen atoms in total. The Labute approximate surface area is 809 Å². The summed E-state index contributed by atoms with van der Waals surface area (Å²) < 4.78 is 111. The molecular weight excluding hydrogens is 1830 g/mol. The summed E-state index contributed by atoms with van der Waals surface area (Å²) in [6, 6.07) is 6.52. The van der Waals surface area contributed by atoms with E-state index < -0.39 is 148 Å². The summed E-state index contributed by atoms with van der Waals surface area (Å²) in [6.07, 6.45) is 18.1.